The second-order valence-corrected chi connectivity index (χ2v) is 5.05. The third-order valence-corrected chi connectivity index (χ3v) is 3.20. The van der Waals surface area contributed by atoms with Crippen LogP contribution in [0.25, 0.3) is 0 Å². The maximum Gasteiger partial charge on any atom is 0.335 e. The molecule has 0 spiro atoms. The summed E-state index contributed by atoms with van der Waals surface area (Å²) in [6.07, 6.45) is 1.35. The molecule has 1 aromatic carbocycles. The molecular weight excluding hydrogens is 344 g/mol. The Morgan fingerprint density at radius 3 is 2.70 bits per heavy atom. The van der Waals surface area contributed by atoms with Crippen LogP contribution in [0, 0.1) is 0 Å². The lowest BCUT2D eigenvalue weighted by molar-refractivity contribution is 0.0696. The summed E-state index contributed by atoms with van der Waals surface area (Å²) in [5, 5.41) is 14.2. The molecule has 0 bridgehead atoms. The number of furan rings is 1. The van der Waals surface area contributed by atoms with Crippen molar-refractivity contribution < 1.29 is 23.8 Å². The van der Waals surface area contributed by atoms with Gasteiger partial charge in [0.05, 0.1) is 29.6 Å². The Balaban J connectivity index is 2.19. The predicted octanol–water partition coefficient (Wildman–Crippen LogP) is 2.77. The molecule has 0 fully saturated rings. The number of hydrogen-bond donors (Lipinski definition) is 3. The maximum absolute atomic E-state index is 11.8. The van der Waals surface area contributed by atoms with E-state index in [1.165, 1.54) is 31.6 Å². The van der Waals surface area contributed by atoms with Gasteiger partial charge in [-0.1, -0.05) is 11.6 Å². The Bertz CT molecular complexity index is 761. The van der Waals surface area contributed by atoms with Crippen molar-refractivity contribution in [2.24, 2.45) is 0 Å². The lowest BCUT2D eigenvalue weighted by atomic mass is 10.2. The molecule has 3 N–H and O–H groups in total. The highest BCUT2D eigenvalue weighted by Crippen LogP contribution is 2.34. The Morgan fingerprint density at radius 2 is 2.13 bits per heavy atom. The van der Waals surface area contributed by atoms with Crippen molar-refractivity contribution in [1.29, 1.82) is 0 Å². The number of hydrogen-bond acceptors (Lipinski definition) is 5. The van der Waals surface area contributed by atoms with Crippen molar-refractivity contribution in [3.8, 4) is 5.75 Å². The third kappa shape index (κ3) is 3.99. The summed E-state index contributed by atoms with van der Waals surface area (Å²) >= 11 is 11.0. The van der Waals surface area contributed by atoms with Crippen LogP contribution in [0.4, 0.5) is 5.69 Å². The molecule has 1 heterocycles. The summed E-state index contributed by atoms with van der Waals surface area (Å²) in [7, 11) is 1.37. The molecule has 1 amide bonds. The number of nitrogens with one attached hydrogen (secondary N) is 2. The highest BCUT2D eigenvalue weighted by Gasteiger charge is 2.16. The summed E-state index contributed by atoms with van der Waals surface area (Å²) in [5.41, 5.74) is 0.153. The van der Waals surface area contributed by atoms with Crippen LogP contribution >= 0.6 is 23.8 Å². The van der Waals surface area contributed by atoms with Gasteiger partial charge in [-0.25, -0.2) is 4.79 Å². The summed E-state index contributed by atoms with van der Waals surface area (Å²) in [5.74, 6) is -1.43. The zero-order valence-corrected chi connectivity index (χ0v) is 13.3. The molecule has 9 heteroatoms. The van der Waals surface area contributed by atoms with Crippen LogP contribution in [0.3, 0.4) is 0 Å². The number of carboxylic acid groups (broad SMARTS) is 1. The van der Waals surface area contributed by atoms with E-state index in [4.69, 9.17) is 38.1 Å². The number of rotatable bonds is 4. The van der Waals surface area contributed by atoms with Crippen LogP contribution in [0.1, 0.15) is 20.9 Å². The van der Waals surface area contributed by atoms with E-state index in [1.54, 1.807) is 6.07 Å². The average molecular weight is 355 g/mol. The molecule has 120 valence electrons. The number of methoxy groups -OCH3 is 1. The van der Waals surface area contributed by atoms with Gasteiger partial charge in [-0.3, -0.25) is 10.1 Å². The van der Waals surface area contributed by atoms with Gasteiger partial charge in [0.25, 0.3) is 5.91 Å². The molecule has 0 atom stereocenters. The lowest BCUT2D eigenvalue weighted by Gasteiger charge is -2.14. The topological polar surface area (TPSA) is 101 Å². The van der Waals surface area contributed by atoms with Crippen LogP contribution in [-0.2, 0) is 0 Å². The van der Waals surface area contributed by atoms with Gasteiger partial charge in [0, 0.05) is 0 Å². The molecule has 7 nitrogen and oxygen atoms in total. The zero-order chi connectivity index (χ0) is 17.0. The number of thiocarbonyl (C=S) groups is 1. The van der Waals surface area contributed by atoms with E-state index in [2.05, 4.69) is 10.6 Å². The fourth-order valence-corrected chi connectivity index (χ4v) is 2.24. The molecule has 0 saturated heterocycles. The van der Waals surface area contributed by atoms with E-state index >= 15 is 0 Å². The molecular formula is C14H11ClN2O5S. The molecule has 0 aliphatic carbocycles. The van der Waals surface area contributed by atoms with Crippen LogP contribution in [0.2, 0.25) is 5.02 Å². The standard InChI is InChI=1S/C14H11ClN2O5S/c1-21-11-8(15)5-7(13(19)20)6-9(11)16-14(23)17-12(18)10-3-2-4-22-10/h2-6H,1H3,(H,19,20)(H2,16,17,18,23). The van der Waals surface area contributed by atoms with Crippen LogP contribution < -0.4 is 15.4 Å². The monoisotopic (exact) mass is 354 g/mol. The highest BCUT2D eigenvalue weighted by atomic mass is 35.5. The molecule has 0 radical (unpaired) electrons. The summed E-state index contributed by atoms with van der Waals surface area (Å²) in [6.45, 7) is 0. The summed E-state index contributed by atoms with van der Waals surface area (Å²) in [6, 6.07) is 5.57. The Hall–Kier alpha value is -2.58. The smallest absolute Gasteiger partial charge is 0.335 e. The van der Waals surface area contributed by atoms with E-state index in [1.807, 2.05) is 0 Å². The van der Waals surface area contributed by atoms with Crippen LogP contribution in [0.15, 0.2) is 34.9 Å². The van der Waals surface area contributed by atoms with E-state index in [0.29, 0.717) is 0 Å². The largest absolute Gasteiger partial charge is 0.493 e. The molecule has 1 aromatic heterocycles. The Kier molecular flexibility index (Phi) is 5.20. The van der Waals surface area contributed by atoms with Crippen molar-refractivity contribution in [1.82, 2.24) is 5.32 Å². The van der Waals surface area contributed by atoms with Gasteiger partial charge in [-0.05, 0) is 36.5 Å². The molecule has 2 aromatic rings. The van der Waals surface area contributed by atoms with Crippen molar-refractivity contribution in [3.63, 3.8) is 0 Å². The molecule has 0 unspecified atom stereocenters. The van der Waals surface area contributed by atoms with Crippen molar-refractivity contribution in [2.75, 3.05) is 12.4 Å². The normalized spacial score (nSPS) is 10.0. The summed E-state index contributed by atoms with van der Waals surface area (Å²) in [4.78, 5) is 22.9. The van der Waals surface area contributed by atoms with Crippen molar-refractivity contribution in [3.05, 3.63) is 46.9 Å². The maximum atomic E-state index is 11.8. The van der Waals surface area contributed by atoms with Crippen molar-refractivity contribution >= 4 is 46.5 Å². The number of ether oxygens (including phenoxy) is 1. The molecule has 0 aliphatic heterocycles. The first kappa shape index (κ1) is 16.8. The number of carbonyl (C=O) groups is 2. The van der Waals surface area contributed by atoms with Gasteiger partial charge in [0.2, 0.25) is 0 Å². The number of halogens is 1. The van der Waals surface area contributed by atoms with Gasteiger partial charge >= 0.3 is 5.97 Å². The van der Waals surface area contributed by atoms with Gasteiger partial charge < -0.3 is 19.6 Å². The quantitative estimate of drug-likeness (QED) is 0.726. The fourth-order valence-electron chi connectivity index (χ4n) is 1.74. The van der Waals surface area contributed by atoms with E-state index in [0.717, 1.165) is 0 Å². The minimum Gasteiger partial charge on any atom is -0.493 e. The third-order valence-electron chi connectivity index (χ3n) is 2.71. The number of carboxylic acids is 1. The second kappa shape index (κ2) is 7.12. The number of aromatic carboxylic acids is 1. The zero-order valence-electron chi connectivity index (χ0n) is 11.8. The predicted molar refractivity (Wildman–Crippen MR) is 87.4 cm³/mol. The van der Waals surface area contributed by atoms with Crippen LogP contribution in [-0.4, -0.2) is 29.2 Å². The van der Waals surface area contributed by atoms with E-state index < -0.39 is 11.9 Å². The van der Waals surface area contributed by atoms with Crippen molar-refractivity contribution in [2.45, 2.75) is 0 Å². The van der Waals surface area contributed by atoms with Gasteiger partial charge in [-0.2, -0.15) is 0 Å². The summed E-state index contributed by atoms with van der Waals surface area (Å²) < 4.78 is 10.0. The first-order valence-corrected chi connectivity index (χ1v) is 6.97. The Morgan fingerprint density at radius 1 is 1.39 bits per heavy atom. The number of anilines is 1. The number of benzene rings is 1. The lowest BCUT2D eigenvalue weighted by Crippen LogP contribution is -2.34. The Labute approximate surface area is 141 Å². The molecule has 0 aliphatic rings. The SMILES string of the molecule is COc1c(Cl)cc(C(=O)O)cc1NC(=S)NC(=O)c1ccco1. The second-order valence-electron chi connectivity index (χ2n) is 4.23. The average Bonchev–Trinajstić information content (AvgIpc) is 3.00. The minimum atomic E-state index is -1.16. The minimum absolute atomic E-state index is 0.0570. The van der Waals surface area contributed by atoms with Crippen LogP contribution in [0.5, 0.6) is 5.75 Å². The highest BCUT2D eigenvalue weighted by molar-refractivity contribution is 7.80. The van der Waals surface area contributed by atoms with E-state index in [9.17, 15) is 9.59 Å². The molecule has 23 heavy (non-hydrogen) atoms. The number of amides is 1. The first-order valence-electron chi connectivity index (χ1n) is 6.19. The molecule has 0 saturated carbocycles. The van der Waals surface area contributed by atoms with Gasteiger partial charge in [0.1, 0.15) is 0 Å². The van der Waals surface area contributed by atoms with E-state index in [-0.39, 0.29) is 32.9 Å². The van der Waals surface area contributed by atoms with Gasteiger partial charge in [0.15, 0.2) is 16.6 Å². The number of carbonyl (C=O) groups excluding carboxylic acids is 1. The fraction of sp³-hybridized carbons (Fsp3) is 0.0714. The van der Waals surface area contributed by atoms with Gasteiger partial charge in [-0.15, -0.1) is 0 Å². The molecule has 2 rings (SSSR count). The first-order chi connectivity index (χ1) is 10.9.